The Hall–Kier alpha value is -2.69. The summed E-state index contributed by atoms with van der Waals surface area (Å²) < 4.78 is 10.3. The molecule has 0 radical (unpaired) electrons. The van der Waals surface area contributed by atoms with Gasteiger partial charge in [-0.1, -0.05) is 12.1 Å². The molecule has 0 fully saturated rings. The van der Waals surface area contributed by atoms with Crippen LogP contribution in [-0.2, 0) is 11.2 Å². The van der Waals surface area contributed by atoms with Gasteiger partial charge in [0.05, 0.1) is 19.9 Å². The molecule has 0 saturated heterocycles. The summed E-state index contributed by atoms with van der Waals surface area (Å²) in [7, 11) is 3.18. The van der Waals surface area contributed by atoms with Crippen LogP contribution in [0.5, 0.6) is 11.5 Å². The van der Waals surface area contributed by atoms with Gasteiger partial charge in [-0.05, 0) is 42.3 Å². The molecule has 2 rings (SSSR count). The number of nitrogens with two attached hydrogens (primary N) is 1. The smallest absolute Gasteiger partial charge is 0.224 e. The second-order valence-electron chi connectivity index (χ2n) is 4.86. The third kappa shape index (κ3) is 4.15. The summed E-state index contributed by atoms with van der Waals surface area (Å²) in [4.78, 5) is 12.1. The summed E-state index contributed by atoms with van der Waals surface area (Å²) in [5.74, 6) is 1.31. The number of rotatable bonds is 6. The number of hydrogen-bond donors (Lipinski definition) is 2. The van der Waals surface area contributed by atoms with Crippen molar-refractivity contribution in [2.75, 3.05) is 25.3 Å². The second kappa shape index (κ2) is 7.36. The number of ether oxygens (including phenoxy) is 2. The first-order valence-corrected chi connectivity index (χ1v) is 6.98. The molecule has 0 aliphatic heterocycles. The van der Waals surface area contributed by atoms with Crippen LogP contribution in [0.25, 0.3) is 0 Å². The number of anilines is 2. The van der Waals surface area contributed by atoms with Gasteiger partial charge in [0.15, 0.2) is 0 Å². The molecular weight excluding hydrogens is 280 g/mol. The Balaban J connectivity index is 1.94. The average Bonchev–Trinajstić information content (AvgIpc) is 2.53. The van der Waals surface area contributed by atoms with E-state index in [1.54, 1.807) is 32.4 Å². The standard InChI is InChI=1S/C17H20N2O3/c1-21-14-7-3-12(4-8-14)5-10-17(20)19-15-11-13(18)6-9-16(15)22-2/h3-4,6-9,11H,5,10,18H2,1-2H3,(H,19,20). The highest BCUT2D eigenvalue weighted by molar-refractivity contribution is 5.93. The normalized spacial score (nSPS) is 10.1. The summed E-state index contributed by atoms with van der Waals surface area (Å²) in [5, 5.41) is 2.83. The maximum atomic E-state index is 12.1. The SMILES string of the molecule is COc1ccc(CCC(=O)Nc2cc(N)ccc2OC)cc1. The highest BCUT2D eigenvalue weighted by Crippen LogP contribution is 2.26. The zero-order valence-electron chi connectivity index (χ0n) is 12.8. The first-order chi connectivity index (χ1) is 10.6. The molecule has 0 unspecified atom stereocenters. The quantitative estimate of drug-likeness (QED) is 0.805. The third-order valence-corrected chi connectivity index (χ3v) is 3.30. The molecule has 0 saturated carbocycles. The Bertz CT molecular complexity index is 639. The highest BCUT2D eigenvalue weighted by Gasteiger charge is 2.08. The minimum absolute atomic E-state index is 0.0836. The fourth-order valence-electron chi connectivity index (χ4n) is 2.09. The molecule has 22 heavy (non-hydrogen) atoms. The van der Waals surface area contributed by atoms with Crippen molar-refractivity contribution in [1.82, 2.24) is 0 Å². The van der Waals surface area contributed by atoms with Crippen LogP contribution < -0.4 is 20.5 Å². The fraction of sp³-hybridized carbons (Fsp3) is 0.235. The molecular formula is C17H20N2O3. The molecule has 116 valence electrons. The minimum Gasteiger partial charge on any atom is -0.497 e. The van der Waals surface area contributed by atoms with E-state index in [0.717, 1.165) is 11.3 Å². The maximum Gasteiger partial charge on any atom is 0.224 e. The highest BCUT2D eigenvalue weighted by atomic mass is 16.5. The van der Waals surface area contributed by atoms with Crippen LogP contribution in [0.3, 0.4) is 0 Å². The predicted molar refractivity (Wildman–Crippen MR) is 87.4 cm³/mol. The molecule has 5 heteroatoms. The number of aryl methyl sites for hydroxylation is 1. The zero-order valence-corrected chi connectivity index (χ0v) is 12.8. The summed E-state index contributed by atoms with van der Waals surface area (Å²) in [5.41, 5.74) is 7.97. The van der Waals surface area contributed by atoms with Gasteiger partial charge in [-0.25, -0.2) is 0 Å². The van der Waals surface area contributed by atoms with E-state index in [0.29, 0.717) is 30.0 Å². The summed E-state index contributed by atoms with van der Waals surface area (Å²) >= 11 is 0. The molecule has 0 bridgehead atoms. The molecule has 0 aliphatic carbocycles. The van der Waals surface area contributed by atoms with Gasteiger partial charge in [-0.3, -0.25) is 4.79 Å². The minimum atomic E-state index is -0.0836. The number of carbonyl (C=O) groups excluding carboxylic acids is 1. The van der Waals surface area contributed by atoms with E-state index < -0.39 is 0 Å². The number of nitrogen functional groups attached to an aromatic ring is 1. The Labute approximate surface area is 130 Å². The van der Waals surface area contributed by atoms with Crippen molar-refractivity contribution in [2.24, 2.45) is 0 Å². The Morgan fingerprint density at radius 1 is 1.09 bits per heavy atom. The monoisotopic (exact) mass is 300 g/mol. The van der Waals surface area contributed by atoms with E-state index in [-0.39, 0.29) is 5.91 Å². The molecule has 2 aromatic carbocycles. The Kier molecular flexibility index (Phi) is 5.25. The van der Waals surface area contributed by atoms with Crippen LogP contribution >= 0.6 is 0 Å². The maximum absolute atomic E-state index is 12.1. The summed E-state index contributed by atoms with van der Waals surface area (Å²) in [6.07, 6.45) is 1.03. The molecule has 5 nitrogen and oxygen atoms in total. The van der Waals surface area contributed by atoms with Crippen molar-refractivity contribution in [3.8, 4) is 11.5 Å². The van der Waals surface area contributed by atoms with Gasteiger partial charge in [0, 0.05) is 12.1 Å². The lowest BCUT2D eigenvalue weighted by Crippen LogP contribution is -2.13. The van der Waals surface area contributed by atoms with Gasteiger partial charge < -0.3 is 20.5 Å². The van der Waals surface area contributed by atoms with E-state index in [2.05, 4.69) is 5.32 Å². The number of benzene rings is 2. The van der Waals surface area contributed by atoms with Crippen LogP contribution in [0.1, 0.15) is 12.0 Å². The number of hydrogen-bond acceptors (Lipinski definition) is 4. The largest absolute Gasteiger partial charge is 0.497 e. The zero-order chi connectivity index (χ0) is 15.9. The van der Waals surface area contributed by atoms with Crippen LogP contribution in [0, 0.1) is 0 Å². The van der Waals surface area contributed by atoms with E-state index in [1.807, 2.05) is 24.3 Å². The van der Waals surface area contributed by atoms with Crippen LogP contribution in [-0.4, -0.2) is 20.1 Å². The van der Waals surface area contributed by atoms with Gasteiger partial charge in [0.2, 0.25) is 5.91 Å². The van der Waals surface area contributed by atoms with Crippen LogP contribution in [0.2, 0.25) is 0 Å². The molecule has 1 amide bonds. The predicted octanol–water partition coefficient (Wildman–Crippen LogP) is 2.86. The molecule has 0 aliphatic rings. The molecule has 2 aromatic rings. The molecule has 0 heterocycles. The first-order valence-electron chi connectivity index (χ1n) is 6.98. The molecule has 0 aromatic heterocycles. The van der Waals surface area contributed by atoms with E-state index in [1.165, 1.54) is 0 Å². The molecule has 3 N–H and O–H groups in total. The lowest BCUT2D eigenvalue weighted by atomic mass is 10.1. The van der Waals surface area contributed by atoms with Crippen molar-refractivity contribution >= 4 is 17.3 Å². The number of nitrogens with one attached hydrogen (secondary N) is 1. The lowest BCUT2D eigenvalue weighted by Gasteiger charge is -2.11. The average molecular weight is 300 g/mol. The summed E-state index contributed by atoms with van der Waals surface area (Å²) in [6.45, 7) is 0. The second-order valence-corrected chi connectivity index (χ2v) is 4.86. The number of methoxy groups -OCH3 is 2. The third-order valence-electron chi connectivity index (χ3n) is 3.30. The molecule has 0 atom stereocenters. The fourth-order valence-corrected chi connectivity index (χ4v) is 2.09. The first kappa shape index (κ1) is 15.7. The van der Waals surface area contributed by atoms with Crippen molar-refractivity contribution in [3.05, 3.63) is 48.0 Å². The van der Waals surface area contributed by atoms with Gasteiger partial charge >= 0.3 is 0 Å². The van der Waals surface area contributed by atoms with Crippen molar-refractivity contribution < 1.29 is 14.3 Å². The van der Waals surface area contributed by atoms with Gasteiger partial charge in [-0.2, -0.15) is 0 Å². The topological polar surface area (TPSA) is 73.6 Å². The van der Waals surface area contributed by atoms with E-state index in [4.69, 9.17) is 15.2 Å². The molecule has 0 spiro atoms. The summed E-state index contributed by atoms with van der Waals surface area (Å²) in [6, 6.07) is 12.8. The lowest BCUT2D eigenvalue weighted by molar-refractivity contribution is -0.116. The van der Waals surface area contributed by atoms with Gasteiger partial charge in [0.1, 0.15) is 11.5 Å². The number of amides is 1. The van der Waals surface area contributed by atoms with Crippen LogP contribution in [0.15, 0.2) is 42.5 Å². The van der Waals surface area contributed by atoms with Gasteiger partial charge in [-0.15, -0.1) is 0 Å². The van der Waals surface area contributed by atoms with E-state index >= 15 is 0 Å². The van der Waals surface area contributed by atoms with Crippen molar-refractivity contribution in [1.29, 1.82) is 0 Å². The van der Waals surface area contributed by atoms with Gasteiger partial charge in [0.25, 0.3) is 0 Å². The number of carbonyl (C=O) groups is 1. The van der Waals surface area contributed by atoms with Crippen molar-refractivity contribution in [3.63, 3.8) is 0 Å². The Morgan fingerprint density at radius 3 is 2.45 bits per heavy atom. The Morgan fingerprint density at radius 2 is 1.82 bits per heavy atom. The van der Waals surface area contributed by atoms with E-state index in [9.17, 15) is 4.79 Å². The van der Waals surface area contributed by atoms with Crippen molar-refractivity contribution in [2.45, 2.75) is 12.8 Å². The van der Waals surface area contributed by atoms with Crippen LogP contribution in [0.4, 0.5) is 11.4 Å².